The molecule has 5 heteroatoms. The van der Waals surface area contributed by atoms with Gasteiger partial charge in [-0.05, 0) is 0 Å². The molecule has 0 aliphatic rings. The highest BCUT2D eigenvalue weighted by molar-refractivity contribution is 5.74. The molecule has 0 aromatic carbocycles. The van der Waals surface area contributed by atoms with Gasteiger partial charge in [-0.15, -0.1) is 0 Å². The third kappa shape index (κ3) is 7.77. The predicted octanol–water partition coefficient (Wildman–Crippen LogP) is -4.46. The van der Waals surface area contributed by atoms with Crippen molar-refractivity contribution in [1.82, 2.24) is 0 Å². The van der Waals surface area contributed by atoms with Crippen molar-refractivity contribution in [3.05, 3.63) is 0 Å². The molecule has 0 aliphatic heterocycles. The second-order valence-corrected chi connectivity index (χ2v) is 3.01. The minimum atomic E-state index is -0.335. The number of primary amides is 1. The van der Waals surface area contributed by atoms with Crippen molar-refractivity contribution < 1.29 is 31.4 Å². The van der Waals surface area contributed by atoms with Crippen LogP contribution in [0.15, 0.2) is 0 Å². The largest absolute Gasteiger partial charge is 1.00 e. The van der Waals surface area contributed by atoms with Gasteiger partial charge in [-0.2, -0.15) is 0 Å². The molecule has 0 heterocycles. The molecule has 0 saturated heterocycles. The average molecular weight is 227 g/mol. The molecule has 0 fully saturated rings. The summed E-state index contributed by atoms with van der Waals surface area (Å²) in [6, 6.07) is 0. The molecule has 0 atom stereocenters. The number of aliphatic hydroxyl groups excluding tert-OH is 1. The second-order valence-electron chi connectivity index (χ2n) is 3.01. The molecule has 68 valence electrons. The van der Waals surface area contributed by atoms with E-state index in [1.165, 1.54) is 0 Å². The molecular weight excluding hydrogens is 212 g/mol. The Hall–Kier alpha value is -0.130. The summed E-state index contributed by atoms with van der Waals surface area (Å²) in [7, 11) is 3.70. The van der Waals surface area contributed by atoms with Crippen LogP contribution in [0.2, 0.25) is 0 Å². The van der Waals surface area contributed by atoms with E-state index in [-0.39, 0.29) is 36.0 Å². The lowest BCUT2D eigenvalue weighted by atomic mass is 10.4. The van der Waals surface area contributed by atoms with E-state index in [9.17, 15) is 4.79 Å². The molecule has 0 radical (unpaired) electrons. The zero-order valence-electron chi connectivity index (χ0n) is 6.88. The van der Waals surface area contributed by atoms with Gasteiger partial charge in [0.25, 0.3) is 5.91 Å². The normalized spacial score (nSPS) is 10.5. The van der Waals surface area contributed by atoms with Crippen LogP contribution in [-0.2, 0) is 4.79 Å². The quantitative estimate of drug-likeness (QED) is 0.476. The number of likely N-dealkylation sites (N-methyl/N-ethyl adjacent to an activating group) is 1. The van der Waals surface area contributed by atoms with Crippen LogP contribution in [-0.4, -0.2) is 49.3 Å². The van der Waals surface area contributed by atoms with E-state index < -0.39 is 0 Å². The number of carbonyl (C=O) groups is 1. The number of quaternary nitrogens is 1. The Labute approximate surface area is 77.3 Å². The van der Waals surface area contributed by atoms with Crippen LogP contribution >= 0.6 is 0 Å². The van der Waals surface area contributed by atoms with Gasteiger partial charge in [-0.3, -0.25) is 4.79 Å². The highest BCUT2D eigenvalue weighted by Gasteiger charge is 2.16. The van der Waals surface area contributed by atoms with Gasteiger partial charge in [0.1, 0.15) is 6.54 Å². The van der Waals surface area contributed by atoms with Crippen molar-refractivity contribution in [2.45, 2.75) is 0 Å². The standard InChI is InChI=1S/C6H14N2O2.BrH/c1-8(2,3-4-9)5-6(7)10;/h9H,3-5H2,1-2H3,(H-,7,10);1H. The van der Waals surface area contributed by atoms with Crippen LogP contribution in [0.25, 0.3) is 0 Å². The summed E-state index contributed by atoms with van der Waals surface area (Å²) in [6.07, 6.45) is 0. The van der Waals surface area contributed by atoms with Gasteiger partial charge in [0.05, 0.1) is 20.7 Å². The number of nitrogens with zero attached hydrogens (tertiary/aromatic N) is 1. The number of halogens is 1. The van der Waals surface area contributed by atoms with Crippen molar-refractivity contribution >= 4 is 5.91 Å². The number of aliphatic hydroxyl groups is 1. The van der Waals surface area contributed by atoms with Gasteiger partial charge in [0.15, 0.2) is 6.54 Å². The van der Waals surface area contributed by atoms with Crippen LogP contribution in [0.1, 0.15) is 0 Å². The van der Waals surface area contributed by atoms with E-state index in [4.69, 9.17) is 10.8 Å². The highest BCUT2D eigenvalue weighted by atomic mass is 79.9. The smallest absolute Gasteiger partial charge is 0.272 e. The van der Waals surface area contributed by atoms with Gasteiger partial charge in [-0.25, -0.2) is 0 Å². The summed E-state index contributed by atoms with van der Waals surface area (Å²) in [5.41, 5.74) is 4.97. The molecule has 0 saturated carbocycles. The first-order chi connectivity index (χ1) is 4.48. The van der Waals surface area contributed by atoms with Crippen LogP contribution < -0.4 is 22.7 Å². The third-order valence-electron chi connectivity index (χ3n) is 1.29. The number of hydrogen-bond acceptors (Lipinski definition) is 2. The molecule has 0 aliphatic carbocycles. The topological polar surface area (TPSA) is 63.3 Å². The third-order valence-corrected chi connectivity index (χ3v) is 1.29. The fraction of sp³-hybridized carbons (Fsp3) is 0.833. The van der Waals surface area contributed by atoms with E-state index >= 15 is 0 Å². The van der Waals surface area contributed by atoms with Gasteiger partial charge in [0, 0.05) is 0 Å². The Kier molecular flexibility index (Phi) is 6.74. The van der Waals surface area contributed by atoms with Crippen molar-refractivity contribution in [2.24, 2.45) is 5.73 Å². The molecule has 0 unspecified atom stereocenters. The number of hydrogen-bond donors (Lipinski definition) is 2. The Bertz CT molecular complexity index is 128. The van der Waals surface area contributed by atoms with E-state index in [0.29, 0.717) is 11.0 Å². The molecule has 3 N–H and O–H groups in total. The zero-order chi connectivity index (χ0) is 8.20. The van der Waals surface area contributed by atoms with E-state index in [1.807, 2.05) is 14.1 Å². The lowest BCUT2D eigenvalue weighted by Gasteiger charge is -2.26. The number of nitrogens with two attached hydrogens (primary N) is 1. The zero-order valence-corrected chi connectivity index (χ0v) is 8.47. The number of amides is 1. The van der Waals surface area contributed by atoms with Gasteiger partial charge in [-0.1, -0.05) is 0 Å². The Balaban J connectivity index is 0. The molecular formula is C6H15BrN2O2. The maximum atomic E-state index is 10.4. The number of carbonyl (C=O) groups excluding carboxylic acids is 1. The van der Waals surface area contributed by atoms with E-state index in [1.54, 1.807) is 0 Å². The molecule has 0 rings (SSSR count). The molecule has 0 spiro atoms. The fourth-order valence-electron chi connectivity index (χ4n) is 0.772. The summed E-state index contributed by atoms with van der Waals surface area (Å²) >= 11 is 0. The molecule has 4 nitrogen and oxygen atoms in total. The first kappa shape index (κ1) is 13.5. The van der Waals surface area contributed by atoms with Crippen LogP contribution in [0.3, 0.4) is 0 Å². The van der Waals surface area contributed by atoms with Crippen LogP contribution in [0.5, 0.6) is 0 Å². The van der Waals surface area contributed by atoms with Gasteiger partial charge in [0.2, 0.25) is 0 Å². The summed E-state index contributed by atoms with van der Waals surface area (Å²) < 4.78 is 0.450. The minimum absolute atomic E-state index is 0. The number of rotatable bonds is 4. The van der Waals surface area contributed by atoms with Crippen molar-refractivity contribution in [3.63, 3.8) is 0 Å². The molecule has 11 heavy (non-hydrogen) atoms. The molecule has 1 amide bonds. The van der Waals surface area contributed by atoms with E-state index in [0.717, 1.165) is 0 Å². The maximum Gasteiger partial charge on any atom is 0.272 e. The molecule has 0 bridgehead atoms. The van der Waals surface area contributed by atoms with E-state index in [2.05, 4.69) is 0 Å². The average Bonchev–Trinajstić information content (AvgIpc) is 1.59. The first-order valence-electron chi connectivity index (χ1n) is 3.19. The Morgan fingerprint density at radius 2 is 2.00 bits per heavy atom. The van der Waals surface area contributed by atoms with Crippen LogP contribution in [0, 0.1) is 0 Å². The van der Waals surface area contributed by atoms with Crippen molar-refractivity contribution in [2.75, 3.05) is 33.8 Å². The minimum Gasteiger partial charge on any atom is -1.00 e. The molecule has 0 aromatic heterocycles. The lowest BCUT2D eigenvalue weighted by molar-refractivity contribution is -0.882. The fourth-order valence-corrected chi connectivity index (χ4v) is 0.772. The summed E-state index contributed by atoms with van der Waals surface area (Å²) in [4.78, 5) is 10.4. The predicted molar refractivity (Wildman–Crippen MR) is 38.1 cm³/mol. The van der Waals surface area contributed by atoms with Gasteiger partial charge < -0.3 is 32.3 Å². The Morgan fingerprint density at radius 3 is 2.27 bits per heavy atom. The second kappa shape index (κ2) is 5.51. The monoisotopic (exact) mass is 226 g/mol. The van der Waals surface area contributed by atoms with Crippen molar-refractivity contribution in [3.8, 4) is 0 Å². The highest BCUT2D eigenvalue weighted by Crippen LogP contribution is 1.93. The van der Waals surface area contributed by atoms with Gasteiger partial charge >= 0.3 is 0 Å². The summed E-state index contributed by atoms with van der Waals surface area (Å²) in [5, 5.41) is 8.55. The first-order valence-corrected chi connectivity index (χ1v) is 3.19. The van der Waals surface area contributed by atoms with Crippen LogP contribution in [0.4, 0.5) is 0 Å². The maximum absolute atomic E-state index is 10.4. The Morgan fingerprint density at radius 1 is 1.55 bits per heavy atom. The summed E-state index contributed by atoms with van der Waals surface area (Å²) in [5.74, 6) is -0.335. The lowest BCUT2D eigenvalue weighted by Crippen LogP contribution is -3.00. The SMILES string of the molecule is C[N+](C)(CCO)CC(N)=O.[Br-]. The van der Waals surface area contributed by atoms with Crippen molar-refractivity contribution in [1.29, 1.82) is 0 Å². The summed E-state index contributed by atoms with van der Waals surface area (Å²) in [6.45, 7) is 0.920. The molecule has 0 aromatic rings.